The van der Waals surface area contributed by atoms with Crippen LogP contribution in [0.3, 0.4) is 0 Å². The Kier molecular flexibility index (Phi) is 9.51. The normalized spacial score (nSPS) is 11.6. The molecule has 37 heavy (non-hydrogen) atoms. The zero-order valence-corrected chi connectivity index (χ0v) is 21.5. The number of methoxy groups -OCH3 is 1. The van der Waals surface area contributed by atoms with Gasteiger partial charge in [-0.25, -0.2) is 4.79 Å². The molecule has 0 aliphatic carbocycles. The number of aliphatic hydroxyl groups excluding tert-OH is 1. The number of carbonyl (C=O) groups excluding carboxylic acids is 2. The van der Waals surface area contributed by atoms with E-state index < -0.39 is 5.97 Å². The highest BCUT2D eigenvalue weighted by Crippen LogP contribution is 2.34. The number of benzene rings is 2. The van der Waals surface area contributed by atoms with Crippen LogP contribution in [0.1, 0.15) is 46.7 Å². The number of aliphatic hydroxyl groups is 1. The van der Waals surface area contributed by atoms with E-state index in [1.807, 2.05) is 6.92 Å². The van der Waals surface area contributed by atoms with Gasteiger partial charge in [-0.15, -0.1) is 0 Å². The molecule has 10 nitrogen and oxygen atoms in total. The molecule has 0 aliphatic rings. The number of hydrogen-bond acceptors (Lipinski definition) is 9. The van der Waals surface area contributed by atoms with Crippen molar-refractivity contribution in [2.75, 3.05) is 39.3 Å². The first kappa shape index (κ1) is 27.5. The Hall–Kier alpha value is -4.05. The lowest BCUT2D eigenvalue weighted by Gasteiger charge is -2.20. The Balaban J connectivity index is 1.78. The van der Waals surface area contributed by atoms with Crippen molar-refractivity contribution in [1.29, 1.82) is 0 Å². The molecule has 0 fully saturated rings. The maximum Gasteiger partial charge on any atom is 0.342 e. The van der Waals surface area contributed by atoms with Crippen LogP contribution in [-0.4, -0.2) is 61.5 Å². The molecule has 0 unspecified atom stereocenters. The number of rotatable bonds is 12. The van der Waals surface area contributed by atoms with Gasteiger partial charge in [-0.2, -0.15) is 0 Å². The summed E-state index contributed by atoms with van der Waals surface area (Å²) in [5.74, 6) is 0.429. The van der Waals surface area contributed by atoms with Crippen LogP contribution >= 0.6 is 0 Å². The number of aryl methyl sites for hydroxylation is 1. The number of aromatic nitrogens is 1. The van der Waals surface area contributed by atoms with Crippen molar-refractivity contribution >= 4 is 28.5 Å². The standard InChI is InChI=1S/C27H33N3O7/c1-5-18(30-26(32)17-10-11-20(36-13-12-31)22(14-17)34-4)15-37-21-9-7-8-19-24(21)25(28)23(16(3)29-19)27(33)35-6-2/h7-11,14,18,31H,5-6,12-13,15H2,1-4H3,(H2,28,29)(H,30,32)/t18-/m0/s1. The minimum atomic E-state index is -0.538. The van der Waals surface area contributed by atoms with Crippen molar-refractivity contribution in [3.05, 3.63) is 53.2 Å². The van der Waals surface area contributed by atoms with Gasteiger partial charge in [0, 0.05) is 5.56 Å². The van der Waals surface area contributed by atoms with E-state index in [0.717, 1.165) is 0 Å². The van der Waals surface area contributed by atoms with Gasteiger partial charge in [-0.1, -0.05) is 13.0 Å². The molecule has 2 aromatic carbocycles. The van der Waals surface area contributed by atoms with E-state index in [4.69, 9.17) is 29.8 Å². The molecule has 0 spiro atoms. The summed E-state index contributed by atoms with van der Waals surface area (Å²) in [7, 11) is 1.48. The van der Waals surface area contributed by atoms with Gasteiger partial charge in [-0.05, 0) is 50.6 Å². The van der Waals surface area contributed by atoms with Crippen molar-refractivity contribution in [2.24, 2.45) is 0 Å². The minimum absolute atomic E-state index is 0.117. The van der Waals surface area contributed by atoms with Crippen molar-refractivity contribution in [1.82, 2.24) is 10.3 Å². The lowest BCUT2D eigenvalue weighted by atomic mass is 10.1. The molecule has 1 aromatic heterocycles. The lowest BCUT2D eigenvalue weighted by Crippen LogP contribution is -2.38. The Morgan fingerprint density at radius 1 is 1.11 bits per heavy atom. The second-order valence-corrected chi connectivity index (χ2v) is 8.18. The van der Waals surface area contributed by atoms with E-state index in [-0.39, 0.29) is 49.6 Å². The van der Waals surface area contributed by atoms with Crippen LogP contribution in [0.4, 0.5) is 5.69 Å². The minimum Gasteiger partial charge on any atom is -0.493 e. The number of nitrogens with one attached hydrogen (secondary N) is 1. The molecule has 4 N–H and O–H groups in total. The van der Waals surface area contributed by atoms with Crippen LogP contribution in [-0.2, 0) is 4.74 Å². The van der Waals surface area contributed by atoms with Crippen LogP contribution in [0.2, 0.25) is 0 Å². The first-order valence-corrected chi connectivity index (χ1v) is 12.1. The maximum absolute atomic E-state index is 12.9. The molecule has 198 valence electrons. The third-order valence-electron chi connectivity index (χ3n) is 5.72. The first-order chi connectivity index (χ1) is 17.8. The predicted molar refractivity (Wildman–Crippen MR) is 139 cm³/mol. The number of carbonyl (C=O) groups is 2. The van der Waals surface area contributed by atoms with E-state index in [9.17, 15) is 9.59 Å². The van der Waals surface area contributed by atoms with Crippen molar-refractivity contribution < 1.29 is 33.6 Å². The molecule has 1 atom stereocenters. The molecule has 0 radical (unpaired) electrons. The molecule has 0 saturated heterocycles. The van der Waals surface area contributed by atoms with Gasteiger partial charge in [-0.3, -0.25) is 9.78 Å². The summed E-state index contributed by atoms with van der Waals surface area (Å²) in [6.45, 7) is 5.73. The van der Waals surface area contributed by atoms with Gasteiger partial charge < -0.3 is 35.1 Å². The summed E-state index contributed by atoms with van der Waals surface area (Å²) in [5.41, 5.74) is 8.30. The van der Waals surface area contributed by atoms with E-state index in [1.165, 1.54) is 7.11 Å². The number of fused-ring (bicyclic) bond motifs is 1. The van der Waals surface area contributed by atoms with E-state index >= 15 is 0 Å². The fourth-order valence-corrected chi connectivity index (χ4v) is 3.83. The van der Waals surface area contributed by atoms with E-state index in [2.05, 4.69) is 10.3 Å². The van der Waals surface area contributed by atoms with Gasteiger partial charge in [0.1, 0.15) is 24.5 Å². The molecule has 10 heteroatoms. The molecule has 1 amide bonds. The molecule has 3 aromatic rings. The summed E-state index contributed by atoms with van der Waals surface area (Å²) in [4.78, 5) is 29.9. The van der Waals surface area contributed by atoms with E-state index in [0.29, 0.717) is 45.8 Å². The molecular formula is C27H33N3O7. The largest absolute Gasteiger partial charge is 0.493 e. The van der Waals surface area contributed by atoms with Crippen molar-refractivity contribution in [2.45, 2.75) is 33.2 Å². The Bertz CT molecular complexity index is 1260. The van der Waals surface area contributed by atoms with Crippen LogP contribution < -0.4 is 25.3 Å². The maximum atomic E-state index is 12.9. The smallest absolute Gasteiger partial charge is 0.342 e. The summed E-state index contributed by atoms with van der Waals surface area (Å²) in [6, 6.07) is 9.83. The van der Waals surface area contributed by atoms with E-state index in [1.54, 1.807) is 50.2 Å². The van der Waals surface area contributed by atoms with Crippen LogP contribution in [0.5, 0.6) is 17.2 Å². The summed E-state index contributed by atoms with van der Waals surface area (Å²) >= 11 is 0. The molecule has 3 rings (SSSR count). The van der Waals surface area contributed by atoms with Gasteiger partial charge >= 0.3 is 5.97 Å². The van der Waals surface area contributed by atoms with Gasteiger partial charge in [0.05, 0.1) is 48.6 Å². The SMILES string of the molecule is CCOC(=O)c1c(C)nc2cccc(OC[C@H](CC)NC(=O)c3ccc(OCCO)c(OC)c3)c2c1N. The van der Waals surface area contributed by atoms with Crippen LogP contribution in [0, 0.1) is 6.92 Å². The van der Waals surface area contributed by atoms with Gasteiger partial charge in [0.2, 0.25) is 0 Å². The molecule has 1 heterocycles. The van der Waals surface area contributed by atoms with Crippen molar-refractivity contribution in [3.8, 4) is 17.2 Å². The number of pyridine rings is 1. The summed E-state index contributed by atoms with van der Waals surface area (Å²) < 4.78 is 22.0. The second kappa shape index (κ2) is 12.8. The Morgan fingerprint density at radius 3 is 2.57 bits per heavy atom. The monoisotopic (exact) mass is 511 g/mol. The predicted octanol–water partition coefficient (Wildman–Crippen LogP) is 3.27. The quantitative estimate of drug-likeness (QED) is 0.312. The molecule has 0 saturated carbocycles. The van der Waals surface area contributed by atoms with Gasteiger partial charge in [0.25, 0.3) is 5.91 Å². The highest BCUT2D eigenvalue weighted by Gasteiger charge is 2.21. The average molecular weight is 512 g/mol. The highest BCUT2D eigenvalue weighted by atomic mass is 16.5. The molecule has 0 aliphatic heterocycles. The number of nitrogens with zero attached hydrogens (tertiary/aromatic N) is 1. The van der Waals surface area contributed by atoms with Crippen molar-refractivity contribution in [3.63, 3.8) is 0 Å². The third kappa shape index (κ3) is 6.39. The number of nitrogen functional groups attached to an aromatic ring is 1. The Morgan fingerprint density at radius 2 is 1.89 bits per heavy atom. The van der Waals surface area contributed by atoms with Gasteiger partial charge in [0.15, 0.2) is 11.5 Å². The highest BCUT2D eigenvalue weighted by molar-refractivity contribution is 6.07. The zero-order chi connectivity index (χ0) is 26.9. The first-order valence-electron chi connectivity index (χ1n) is 12.1. The third-order valence-corrected chi connectivity index (χ3v) is 5.72. The zero-order valence-electron chi connectivity index (χ0n) is 21.5. The number of ether oxygens (including phenoxy) is 4. The summed E-state index contributed by atoms with van der Waals surface area (Å²) in [6.07, 6.45) is 0.603. The lowest BCUT2D eigenvalue weighted by molar-refractivity contribution is 0.0526. The van der Waals surface area contributed by atoms with Crippen LogP contribution in [0.25, 0.3) is 10.9 Å². The number of esters is 1. The second-order valence-electron chi connectivity index (χ2n) is 8.18. The fraction of sp³-hybridized carbons (Fsp3) is 0.370. The van der Waals surface area contributed by atoms with Crippen LogP contribution in [0.15, 0.2) is 36.4 Å². The number of hydrogen-bond donors (Lipinski definition) is 3. The average Bonchev–Trinajstić information content (AvgIpc) is 2.89. The molecular weight excluding hydrogens is 478 g/mol. The molecule has 0 bridgehead atoms. The number of nitrogens with two attached hydrogens (primary N) is 1. The fourth-order valence-electron chi connectivity index (χ4n) is 3.83. The number of anilines is 1. The topological polar surface area (TPSA) is 142 Å². The Labute approximate surface area is 215 Å². The summed E-state index contributed by atoms with van der Waals surface area (Å²) in [5, 5.41) is 12.4. The number of amides is 1.